The molecule has 0 unspecified atom stereocenters. The van der Waals surface area contributed by atoms with Gasteiger partial charge in [0.1, 0.15) is 0 Å². The first kappa shape index (κ1) is 22.9. The van der Waals surface area contributed by atoms with Gasteiger partial charge in [0.05, 0.1) is 30.5 Å². The summed E-state index contributed by atoms with van der Waals surface area (Å²) in [6, 6.07) is 26.3. The van der Waals surface area contributed by atoms with Crippen molar-refractivity contribution in [2.45, 2.75) is 13.1 Å². The lowest BCUT2D eigenvalue weighted by atomic mass is 10.1. The fourth-order valence-electron chi connectivity index (χ4n) is 3.66. The molecule has 0 fully saturated rings. The van der Waals surface area contributed by atoms with Crippen LogP contribution in [0.1, 0.15) is 21.5 Å². The van der Waals surface area contributed by atoms with E-state index in [4.69, 9.17) is 0 Å². The third-order valence-electron chi connectivity index (χ3n) is 5.22. The lowest BCUT2D eigenvalue weighted by Gasteiger charge is -2.16. The minimum absolute atomic E-state index is 0.179. The van der Waals surface area contributed by atoms with Crippen LogP contribution in [-0.4, -0.2) is 40.1 Å². The molecule has 0 spiro atoms. The zero-order chi connectivity index (χ0) is 23.8. The Morgan fingerprint density at radius 2 is 1.53 bits per heavy atom. The Hall–Kier alpha value is -4.23. The van der Waals surface area contributed by atoms with Crippen LogP contribution in [0.5, 0.6) is 0 Å². The molecule has 0 bridgehead atoms. The number of nitrogens with zero attached hydrogens (tertiary/aromatic N) is 3. The lowest BCUT2D eigenvalue weighted by Crippen LogP contribution is -2.30. The van der Waals surface area contributed by atoms with Gasteiger partial charge in [-0.05, 0) is 36.9 Å². The van der Waals surface area contributed by atoms with Crippen LogP contribution in [0.25, 0.3) is 0 Å². The molecule has 0 saturated carbocycles. The first-order valence-electron chi connectivity index (χ1n) is 11.1. The van der Waals surface area contributed by atoms with Crippen LogP contribution in [-0.2, 0) is 17.9 Å². The second-order valence-electron chi connectivity index (χ2n) is 8.12. The van der Waals surface area contributed by atoms with Crippen LogP contribution in [0.3, 0.4) is 0 Å². The number of rotatable bonds is 9. The molecule has 4 aromatic rings. The zero-order valence-corrected chi connectivity index (χ0v) is 19.0. The molecular formula is C27H27N5O2. The van der Waals surface area contributed by atoms with E-state index in [1.807, 2.05) is 77.6 Å². The Balaban J connectivity index is 1.32. The highest BCUT2D eigenvalue weighted by atomic mass is 16.2. The summed E-state index contributed by atoms with van der Waals surface area (Å²) in [6.45, 7) is 1.46. The Labute approximate surface area is 199 Å². The van der Waals surface area contributed by atoms with E-state index in [2.05, 4.69) is 27.9 Å². The Morgan fingerprint density at radius 3 is 2.29 bits per heavy atom. The summed E-state index contributed by atoms with van der Waals surface area (Å²) in [5.41, 5.74) is 3.78. The van der Waals surface area contributed by atoms with Crippen molar-refractivity contribution in [2.75, 3.05) is 24.2 Å². The smallest absolute Gasteiger partial charge is 0.257 e. The first-order valence-corrected chi connectivity index (χ1v) is 11.1. The van der Waals surface area contributed by atoms with Crippen LogP contribution >= 0.6 is 0 Å². The third-order valence-corrected chi connectivity index (χ3v) is 5.22. The van der Waals surface area contributed by atoms with Gasteiger partial charge in [0.25, 0.3) is 5.91 Å². The molecule has 0 saturated heterocycles. The second-order valence-corrected chi connectivity index (χ2v) is 8.12. The summed E-state index contributed by atoms with van der Waals surface area (Å²) in [7, 11) is 1.88. The summed E-state index contributed by atoms with van der Waals surface area (Å²) in [6.07, 6.45) is 3.81. The van der Waals surface area contributed by atoms with Crippen molar-refractivity contribution in [1.82, 2.24) is 14.7 Å². The number of amides is 2. The molecular weight excluding hydrogens is 426 g/mol. The molecule has 3 aromatic carbocycles. The molecule has 1 heterocycles. The lowest BCUT2D eigenvalue weighted by molar-refractivity contribution is -0.117. The highest BCUT2D eigenvalue weighted by Gasteiger charge is 2.15. The number of para-hydroxylation sites is 2. The molecule has 172 valence electrons. The minimum atomic E-state index is -0.277. The van der Waals surface area contributed by atoms with Gasteiger partial charge in [-0.25, -0.2) is 0 Å². The molecule has 4 rings (SSSR count). The maximum absolute atomic E-state index is 12.7. The third kappa shape index (κ3) is 6.40. The molecule has 0 aliphatic carbocycles. The van der Waals surface area contributed by atoms with E-state index in [0.29, 0.717) is 30.0 Å². The van der Waals surface area contributed by atoms with Crippen molar-refractivity contribution in [3.63, 3.8) is 0 Å². The van der Waals surface area contributed by atoms with E-state index in [1.54, 1.807) is 24.3 Å². The number of carbonyl (C=O) groups excluding carboxylic acids is 2. The molecule has 2 N–H and O–H groups in total. The number of aromatic nitrogens is 2. The largest absolute Gasteiger partial charge is 0.324 e. The van der Waals surface area contributed by atoms with Gasteiger partial charge < -0.3 is 10.6 Å². The standard InChI is InChI=1S/C27H27N5O2/c1-31(17-22-16-28-32(19-22)18-21-10-4-2-5-11-21)20-26(33)30-25-15-9-8-14-24(25)27(34)29-23-12-6-3-7-13-23/h2-16,19H,17-18,20H2,1H3,(H,29,34)(H,30,33). The molecule has 0 radical (unpaired) electrons. The van der Waals surface area contributed by atoms with Crippen molar-refractivity contribution in [3.8, 4) is 0 Å². The van der Waals surface area contributed by atoms with E-state index in [9.17, 15) is 9.59 Å². The van der Waals surface area contributed by atoms with E-state index in [1.165, 1.54) is 5.56 Å². The topological polar surface area (TPSA) is 79.3 Å². The van der Waals surface area contributed by atoms with Crippen molar-refractivity contribution in [2.24, 2.45) is 0 Å². The number of anilines is 2. The number of nitrogens with one attached hydrogen (secondary N) is 2. The normalized spacial score (nSPS) is 10.8. The predicted octanol–water partition coefficient (Wildman–Crippen LogP) is 4.25. The average molecular weight is 454 g/mol. The SMILES string of the molecule is CN(CC(=O)Nc1ccccc1C(=O)Nc1ccccc1)Cc1cnn(Cc2ccccc2)c1. The van der Waals surface area contributed by atoms with Gasteiger partial charge in [0.2, 0.25) is 5.91 Å². The Morgan fingerprint density at radius 1 is 0.853 bits per heavy atom. The van der Waals surface area contributed by atoms with Gasteiger partial charge in [-0.15, -0.1) is 0 Å². The second kappa shape index (κ2) is 11.1. The highest BCUT2D eigenvalue weighted by molar-refractivity contribution is 6.10. The molecule has 0 atom stereocenters. The fourth-order valence-corrected chi connectivity index (χ4v) is 3.66. The molecule has 7 heteroatoms. The van der Waals surface area contributed by atoms with Crippen LogP contribution in [0.2, 0.25) is 0 Å². The Kier molecular flexibility index (Phi) is 7.47. The zero-order valence-electron chi connectivity index (χ0n) is 19.0. The van der Waals surface area contributed by atoms with Crippen molar-refractivity contribution >= 4 is 23.2 Å². The highest BCUT2D eigenvalue weighted by Crippen LogP contribution is 2.17. The summed E-state index contributed by atoms with van der Waals surface area (Å²) < 4.78 is 1.89. The quantitative estimate of drug-likeness (QED) is 0.397. The number of benzene rings is 3. The van der Waals surface area contributed by atoms with Crippen molar-refractivity contribution in [3.05, 3.63) is 114 Å². The van der Waals surface area contributed by atoms with Crippen LogP contribution in [0.15, 0.2) is 97.3 Å². The number of carbonyl (C=O) groups is 2. The van der Waals surface area contributed by atoms with Gasteiger partial charge in [0.15, 0.2) is 0 Å². The monoisotopic (exact) mass is 453 g/mol. The fraction of sp³-hybridized carbons (Fsp3) is 0.148. The maximum atomic E-state index is 12.7. The first-order chi connectivity index (χ1) is 16.6. The summed E-state index contributed by atoms with van der Waals surface area (Å²) in [4.78, 5) is 27.3. The van der Waals surface area contributed by atoms with Crippen LogP contribution < -0.4 is 10.6 Å². The number of hydrogen-bond acceptors (Lipinski definition) is 4. The summed E-state index contributed by atoms with van der Waals surface area (Å²) >= 11 is 0. The average Bonchev–Trinajstić information content (AvgIpc) is 3.27. The molecule has 7 nitrogen and oxygen atoms in total. The summed E-state index contributed by atoms with van der Waals surface area (Å²) in [5, 5.41) is 10.1. The summed E-state index contributed by atoms with van der Waals surface area (Å²) in [5.74, 6) is -0.472. The van der Waals surface area contributed by atoms with E-state index in [-0.39, 0.29) is 18.4 Å². The van der Waals surface area contributed by atoms with Gasteiger partial charge in [0, 0.05) is 24.0 Å². The predicted molar refractivity (Wildman–Crippen MR) is 134 cm³/mol. The van der Waals surface area contributed by atoms with Crippen LogP contribution in [0.4, 0.5) is 11.4 Å². The van der Waals surface area contributed by atoms with E-state index >= 15 is 0 Å². The molecule has 34 heavy (non-hydrogen) atoms. The van der Waals surface area contributed by atoms with Gasteiger partial charge in [-0.2, -0.15) is 5.10 Å². The maximum Gasteiger partial charge on any atom is 0.257 e. The van der Waals surface area contributed by atoms with Gasteiger partial charge in [-0.1, -0.05) is 60.7 Å². The number of likely N-dealkylation sites (N-methyl/N-ethyl adjacent to an activating group) is 1. The van der Waals surface area contributed by atoms with Gasteiger partial charge >= 0.3 is 0 Å². The Bertz CT molecular complexity index is 1240. The van der Waals surface area contributed by atoms with Crippen LogP contribution in [0, 0.1) is 0 Å². The molecule has 1 aromatic heterocycles. The molecule has 0 aliphatic rings. The van der Waals surface area contributed by atoms with Crippen molar-refractivity contribution in [1.29, 1.82) is 0 Å². The minimum Gasteiger partial charge on any atom is -0.324 e. The number of hydrogen-bond donors (Lipinski definition) is 2. The molecule has 2 amide bonds. The van der Waals surface area contributed by atoms with Crippen molar-refractivity contribution < 1.29 is 9.59 Å². The van der Waals surface area contributed by atoms with Gasteiger partial charge in [-0.3, -0.25) is 19.2 Å². The molecule has 0 aliphatic heterocycles. The van der Waals surface area contributed by atoms with E-state index < -0.39 is 0 Å². The van der Waals surface area contributed by atoms with E-state index in [0.717, 1.165) is 5.56 Å².